The number of carbonyl (C=O) groups is 2. The van der Waals surface area contributed by atoms with Gasteiger partial charge in [0.05, 0.1) is 7.11 Å². The van der Waals surface area contributed by atoms with Crippen LogP contribution in [0.4, 0.5) is 4.39 Å². The van der Waals surface area contributed by atoms with Gasteiger partial charge in [-0.1, -0.05) is 12.1 Å². The Morgan fingerprint density at radius 3 is 2.71 bits per heavy atom. The van der Waals surface area contributed by atoms with Crippen LogP contribution in [0.3, 0.4) is 0 Å². The average Bonchev–Trinajstić information content (AvgIpc) is 3.02. The van der Waals surface area contributed by atoms with Crippen LogP contribution in [0.5, 0.6) is 0 Å². The zero-order valence-electron chi connectivity index (χ0n) is 11.8. The number of halogens is 1. The molecule has 0 bridgehead atoms. The van der Waals surface area contributed by atoms with E-state index in [9.17, 15) is 14.0 Å². The summed E-state index contributed by atoms with van der Waals surface area (Å²) in [6.07, 6.45) is 1.21. The summed E-state index contributed by atoms with van der Waals surface area (Å²) < 4.78 is 22.9. The van der Waals surface area contributed by atoms with Crippen LogP contribution in [0.1, 0.15) is 18.4 Å². The molecule has 21 heavy (non-hydrogen) atoms. The number of rotatable bonds is 5. The Balaban J connectivity index is 2.01. The number of benzene rings is 1. The van der Waals surface area contributed by atoms with Gasteiger partial charge in [-0.25, -0.2) is 9.18 Å². The Kier molecular flexibility index (Phi) is 5.27. The van der Waals surface area contributed by atoms with Gasteiger partial charge < -0.3 is 14.8 Å². The fourth-order valence-electron chi connectivity index (χ4n) is 2.24. The summed E-state index contributed by atoms with van der Waals surface area (Å²) in [5, 5.41) is 2.64. The highest BCUT2D eigenvalue weighted by molar-refractivity contribution is 5.87. The number of hydrogen-bond acceptors (Lipinski definition) is 4. The largest absolute Gasteiger partial charge is 0.467 e. The molecule has 0 aromatic heterocycles. The van der Waals surface area contributed by atoms with E-state index in [-0.39, 0.29) is 18.1 Å². The van der Waals surface area contributed by atoms with Crippen molar-refractivity contribution in [3.05, 3.63) is 35.6 Å². The highest BCUT2D eigenvalue weighted by Gasteiger charge is 2.28. The van der Waals surface area contributed by atoms with Crippen molar-refractivity contribution in [1.82, 2.24) is 5.32 Å². The molecular weight excluding hydrogens is 277 g/mol. The third-order valence-electron chi connectivity index (χ3n) is 3.38. The van der Waals surface area contributed by atoms with Gasteiger partial charge in [0.15, 0.2) is 0 Å². The molecule has 1 fully saturated rings. The summed E-state index contributed by atoms with van der Waals surface area (Å²) in [4.78, 5) is 23.8. The first-order valence-electron chi connectivity index (χ1n) is 6.84. The molecule has 1 heterocycles. The van der Waals surface area contributed by atoms with Crippen molar-refractivity contribution in [3.63, 3.8) is 0 Å². The molecule has 2 rings (SSSR count). The maximum Gasteiger partial charge on any atom is 0.328 e. The van der Waals surface area contributed by atoms with Gasteiger partial charge in [0, 0.05) is 13.0 Å². The number of hydrogen-bond donors (Lipinski definition) is 1. The Morgan fingerprint density at radius 2 is 2.14 bits per heavy atom. The number of esters is 1. The number of ether oxygens (including phenoxy) is 2. The van der Waals surface area contributed by atoms with Crippen LogP contribution >= 0.6 is 0 Å². The highest BCUT2D eigenvalue weighted by atomic mass is 19.1. The molecule has 5 nitrogen and oxygen atoms in total. The molecular formula is C15H18FNO4. The van der Waals surface area contributed by atoms with Gasteiger partial charge in [-0.05, 0) is 30.5 Å². The van der Waals surface area contributed by atoms with Crippen molar-refractivity contribution >= 4 is 11.9 Å². The van der Waals surface area contributed by atoms with Crippen LogP contribution in [0.2, 0.25) is 0 Å². The van der Waals surface area contributed by atoms with E-state index in [0.717, 1.165) is 12.0 Å². The van der Waals surface area contributed by atoms with Gasteiger partial charge in [0.2, 0.25) is 5.91 Å². The SMILES string of the molecule is COC(=O)[C@H](Cc1ccc(F)cc1)NC(=O)[C@@H]1CCCO1. The van der Waals surface area contributed by atoms with E-state index < -0.39 is 18.1 Å². The third kappa shape index (κ3) is 4.26. The molecule has 1 aliphatic heterocycles. The molecule has 1 aliphatic rings. The first-order valence-corrected chi connectivity index (χ1v) is 6.84. The molecule has 1 aromatic carbocycles. The monoisotopic (exact) mass is 295 g/mol. The van der Waals surface area contributed by atoms with Crippen molar-refractivity contribution in [2.24, 2.45) is 0 Å². The lowest BCUT2D eigenvalue weighted by Crippen LogP contribution is -2.47. The molecule has 0 unspecified atom stereocenters. The zero-order chi connectivity index (χ0) is 15.2. The third-order valence-corrected chi connectivity index (χ3v) is 3.38. The minimum Gasteiger partial charge on any atom is -0.467 e. The molecule has 0 radical (unpaired) electrons. The standard InChI is InChI=1S/C15H18FNO4/c1-20-15(19)12(9-10-4-6-11(16)7-5-10)17-14(18)13-3-2-8-21-13/h4-7,12-13H,2-3,8-9H2,1H3,(H,17,18)/t12-,13-/m0/s1. The Labute approximate surface area is 122 Å². The Hall–Kier alpha value is -1.95. The van der Waals surface area contributed by atoms with Crippen molar-refractivity contribution < 1.29 is 23.5 Å². The van der Waals surface area contributed by atoms with E-state index >= 15 is 0 Å². The number of nitrogens with one attached hydrogen (secondary N) is 1. The molecule has 0 aliphatic carbocycles. The van der Waals surface area contributed by atoms with Crippen LogP contribution in [0.25, 0.3) is 0 Å². The van der Waals surface area contributed by atoms with Crippen molar-refractivity contribution in [2.45, 2.75) is 31.4 Å². The summed E-state index contributed by atoms with van der Waals surface area (Å²) in [5.74, 6) is -1.20. The molecule has 114 valence electrons. The minimum absolute atomic E-state index is 0.241. The van der Waals surface area contributed by atoms with Crippen LogP contribution in [-0.4, -0.2) is 37.7 Å². The van der Waals surface area contributed by atoms with Crippen LogP contribution in [-0.2, 0) is 25.5 Å². The molecule has 1 saturated heterocycles. The predicted molar refractivity (Wildman–Crippen MR) is 73.0 cm³/mol. The molecule has 0 saturated carbocycles. The Morgan fingerprint density at radius 1 is 1.43 bits per heavy atom. The lowest BCUT2D eigenvalue weighted by atomic mass is 10.1. The fourth-order valence-corrected chi connectivity index (χ4v) is 2.24. The predicted octanol–water partition coefficient (Wildman–Crippen LogP) is 1.20. The van der Waals surface area contributed by atoms with E-state index in [2.05, 4.69) is 5.32 Å². The van der Waals surface area contributed by atoms with Crippen LogP contribution in [0, 0.1) is 5.82 Å². The maximum atomic E-state index is 12.9. The number of carbonyl (C=O) groups excluding carboxylic acids is 2. The zero-order valence-corrected chi connectivity index (χ0v) is 11.8. The smallest absolute Gasteiger partial charge is 0.328 e. The van der Waals surface area contributed by atoms with Gasteiger partial charge in [0.1, 0.15) is 18.0 Å². The lowest BCUT2D eigenvalue weighted by Gasteiger charge is -2.18. The normalized spacial score (nSPS) is 19.0. The van der Waals surface area contributed by atoms with Gasteiger partial charge in [-0.15, -0.1) is 0 Å². The van der Waals surface area contributed by atoms with Gasteiger partial charge in [0.25, 0.3) is 0 Å². The first-order chi connectivity index (χ1) is 10.1. The van der Waals surface area contributed by atoms with Gasteiger partial charge in [-0.2, -0.15) is 0 Å². The second-order valence-electron chi connectivity index (χ2n) is 4.92. The van der Waals surface area contributed by atoms with Crippen molar-refractivity contribution in [3.8, 4) is 0 Å². The topological polar surface area (TPSA) is 64.6 Å². The Bertz CT molecular complexity index is 497. The lowest BCUT2D eigenvalue weighted by molar-refractivity contribution is -0.146. The molecule has 6 heteroatoms. The van der Waals surface area contributed by atoms with Crippen LogP contribution < -0.4 is 5.32 Å². The molecule has 1 N–H and O–H groups in total. The average molecular weight is 295 g/mol. The quantitative estimate of drug-likeness (QED) is 0.829. The second kappa shape index (κ2) is 7.17. The molecule has 0 spiro atoms. The second-order valence-corrected chi connectivity index (χ2v) is 4.92. The van der Waals surface area contributed by atoms with Gasteiger partial charge >= 0.3 is 5.97 Å². The minimum atomic E-state index is -0.808. The number of amides is 1. The number of methoxy groups -OCH3 is 1. The highest BCUT2D eigenvalue weighted by Crippen LogP contribution is 2.13. The summed E-state index contributed by atoms with van der Waals surface area (Å²) >= 11 is 0. The van der Waals surface area contributed by atoms with E-state index in [4.69, 9.17) is 9.47 Å². The molecule has 2 atom stereocenters. The van der Waals surface area contributed by atoms with E-state index in [1.165, 1.54) is 19.2 Å². The maximum absolute atomic E-state index is 12.9. The summed E-state index contributed by atoms with van der Waals surface area (Å²) in [7, 11) is 1.26. The van der Waals surface area contributed by atoms with E-state index in [1.54, 1.807) is 12.1 Å². The summed E-state index contributed by atoms with van der Waals surface area (Å²) in [6.45, 7) is 0.555. The first kappa shape index (κ1) is 15.4. The summed E-state index contributed by atoms with van der Waals surface area (Å²) in [5.41, 5.74) is 0.736. The molecule has 1 aromatic rings. The summed E-state index contributed by atoms with van der Waals surface area (Å²) in [6, 6.07) is 4.96. The fraction of sp³-hybridized carbons (Fsp3) is 0.467. The van der Waals surface area contributed by atoms with Crippen molar-refractivity contribution in [1.29, 1.82) is 0 Å². The van der Waals surface area contributed by atoms with Crippen LogP contribution in [0.15, 0.2) is 24.3 Å². The van der Waals surface area contributed by atoms with E-state index in [1.807, 2.05) is 0 Å². The molecule has 1 amide bonds. The van der Waals surface area contributed by atoms with E-state index in [0.29, 0.717) is 13.0 Å². The van der Waals surface area contributed by atoms with Gasteiger partial charge in [-0.3, -0.25) is 4.79 Å². The van der Waals surface area contributed by atoms with Crippen molar-refractivity contribution in [2.75, 3.05) is 13.7 Å².